The summed E-state index contributed by atoms with van der Waals surface area (Å²) in [6.07, 6.45) is -4.30. The van der Waals surface area contributed by atoms with Gasteiger partial charge >= 0.3 is 6.18 Å². The van der Waals surface area contributed by atoms with E-state index in [0.717, 1.165) is 12.1 Å². The smallest absolute Gasteiger partial charge is 0.269 e. The topological polar surface area (TPSA) is 34.5 Å². The summed E-state index contributed by atoms with van der Waals surface area (Å²) >= 11 is 0. The molecule has 0 aliphatic carbocycles. The molecule has 1 aromatic rings. The molecule has 0 radical (unpaired) electrons. The predicted octanol–water partition coefficient (Wildman–Crippen LogP) is 3.44. The molecule has 1 N–H and O–H groups in total. The van der Waals surface area contributed by atoms with Crippen LogP contribution in [0.2, 0.25) is 0 Å². The van der Waals surface area contributed by atoms with Gasteiger partial charge in [-0.15, -0.1) is 0 Å². The normalized spacial score (nSPS) is 24.8. The summed E-state index contributed by atoms with van der Waals surface area (Å²) in [5.74, 6) is 0. The molecule has 0 aromatic heterocycles. The van der Waals surface area contributed by atoms with E-state index in [2.05, 4.69) is 5.48 Å². The van der Waals surface area contributed by atoms with Crippen molar-refractivity contribution in [2.24, 2.45) is 5.41 Å². The summed E-state index contributed by atoms with van der Waals surface area (Å²) in [7, 11) is 0. The lowest BCUT2D eigenvalue weighted by molar-refractivity contribution is -0.137. The largest absolute Gasteiger partial charge is 0.416 e. The van der Waals surface area contributed by atoms with Crippen molar-refractivity contribution >= 4 is 0 Å². The summed E-state index contributed by atoms with van der Waals surface area (Å²) < 4.78 is 37.3. The van der Waals surface area contributed by atoms with Crippen LogP contribution in [0.5, 0.6) is 0 Å². The van der Waals surface area contributed by atoms with Gasteiger partial charge in [0.05, 0.1) is 5.56 Å². The number of alkyl halides is 3. The highest BCUT2D eigenvalue weighted by molar-refractivity contribution is 5.31. The summed E-state index contributed by atoms with van der Waals surface area (Å²) in [4.78, 5) is 5.24. The molecule has 17 heavy (non-hydrogen) atoms. The van der Waals surface area contributed by atoms with Gasteiger partial charge in [0.25, 0.3) is 0 Å². The third kappa shape index (κ3) is 2.05. The Morgan fingerprint density at radius 3 is 1.82 bits per heavy atom. The summed E-state index contributed by atoms with van der Waals surface area (Å²) in [5.41, 5.74) is 1.94. The van der Waals surface area contributed by atoms with Gasteiger partial charge in [0, 0.05) is 11.0 Å². The van der Waals surface area contributed by atoms with Gasteiger partial charge in [-0.3, -0.25) is 4.84 Å². The van der Waals surface area contributed by atoms with Crippen LogP contribution in [-0.4, -0.2) is 0 Å². The van der Waals surface area contributed by atoms with Crippen molar-refractivity contribution in [2.75, 3.05) is 0 Å². The molecule has 1 saturated heterocycles. The quantitative estimate of drug-likeness (QED) is 0.769. The van der Waals surface area contributed by atoms with Crippen molar-refractivity contribution in [1.29, 1.82) is 0 Å². The van der Waals surface area contributed by atoms with Crippen LogP contribution in [-0.2, 0) is 16.7 Å². The molecule has 94 valence electrons. The van der Waals surface area contributed by atoms with Crippen LogP contribution in [0, 0.1) is 5.41 Å². The van der Waals surface area contributed by atoms with E-state index in [0.29, 0.717) is 5.56 Å². The molecule has 0 amide bonds. The van der Waals surface area contributed by atoms with E-state index in [1.165, 1.54) is 12.1 Å². The fourth-order valence-corrected chi connectivity index (χ4v) is 1.80. The van der Waals surface area contributed by atoms with Gasteiger partial charge in [-0.2, -0.15) is 18.7 Å². The molecule has 1 aliphatic heterocycles. The monoisotopic (exact) mass is 245 g/mol. The fraction of sp³-hybridized carbons (Fsp3) is 0.500. The Morgan fingerprint density at radius 2 is 1.53 bits per heavy atom. The number of hydrogen-bond donors (Lipinski definition) is 1. The molecular weight excluding hydrogens is 231 g/mol. The van der Waals surface area contributed by atoms with Crippen LogP contribution in [0.4, 0.5) is 13.2 Å². The van der Waals surface area contributed by atoms with Crippen molar-refractivity contribution in [3.05, 3.63) is 35.4 Å². The van der Waals surface area contributed by atoms with Crippen molar-refractivity contribution < 1.29 is 18.0 Å². The second kappa shape index (κ2) is 3.46. The van der Waals surface area contributed by atoms with E-state index < -0.39 is 17.5 Å². The zero-order chi connectivity index (χ0) is 12.9. The Hall–Kier alpha value is -1.07. The van der Waals surface area contributed by atoms with Gasteiger partial charge < -0.3 is 0 Å². The summed E-state index contributed by atoms with van der Waals surface area (Å²) in [5, 5.41) is 0. The van der Waals surface area contributed by atoms with E-state index in [1.54, 1.807) is 0 Å². The van der Waals surface area contributed by atoms with E-state index in [-0.39, 0.29) is 5.41 Å². The molecule has 1 heterocycles. The zero-order valence-electron chi connectivity index (χ0n) is 9.85. The maximum atomic E-state index is 12.4. The van der Waals surface area contributed by atoms with Crippen LogP contribution >= 0.6 is 0 Å². The average Bonchev–Trinajstić information content (AvgIpc) is 2.96. The number of nitrogens with one attached hydrogen (secondary N) is 1. The Kier molecular flexibility index (Phi) is 2.52. The Labute approximate surface area is 97.7 Å². The van der Waals surface area contributed by atoms with Gasteiger partial charge in [-0.1, -0.05) is 32.9 Å². The van der Waals surface area contributed by atoms with Gasteiger partial charge in [-0.25, -0.2) is 0 Å². The minimum atomic E-state index is -4.30. The number of hydroxylamine groups is 1. The third-order valence-corrected chi connectivity index (χ3v) is 2.98. The highest BCUT2D eigenvalue weighted by atomic mass is 19.4. The second-order valence-electron chi connectivity index (χ2n) is 5.21. The van der Waals surface area contributed by atoms with Crippen molar-refractivity contribution in [2.45, 2.75) is 32.7 Å². The van der Waals surface area contributed by atoms with Crippen LogP contribution < -0.4 is 5.48 Å². The van der Waals surface area contributed by atoms with Crippen molar-refractivity contribution in [1.82, 2.24) is 5.48 Å². The lowest BCUT2D eigenvalue weighted by atomic mass is 9.80. The van der Waals surface area contributed by atoms with Crippen LogP contribution in [0.3, 0.4) is 0 Å². The molecular formula is C12H14F3NO. The highest BCUT2D eigenvalue weighted by Gasteiger charge is 2.56. The maximum Gasteiger partial charge on any atom is 0.416 e. The van der Waals surface area contributed by atoms with Crippen LogP contribution in [0.1, 0.15) is 31.9 Å². The van der Waals surface area contributed by atoms with Crippen LogP contribution in [0.25, 0.3) is 0 Å². The molecule has 2 nitrogen and oxygen atoms in total. The Balaban J connectivity index is 2.32. The Bertz CT molecular complexity index is 413. The first-order valence-electron chi connectivity index (χ1n) is 5.30. The first-order chi connectivity index (χ1) is 7.67. The van der Waals surface area contributed by atoms with Crippen LogP contribution in [0.15, 0.2) is 24.3 Å². The van der Waals surface area contributed by atoms with Gasteiger partial charge in [0.15, 0.2) is 5.72 Å². The van der Waals surface area contributed by atoms with Crippen molar-refractivity contribution in [3.63, 3.8) is 0 Å². The Morgan fingerprint density at radius 1 is 1.06 bits per heavy atom. The van der Waals surface area contributed by atoms with E-state index >= 15 is 0 Å². The predicted molar refractivity (Wildman–Crippen MR) is 56.8 cm³/mol. The van der Waals surface area contributed by atoms with Crippen molar-refractivity contribution in [3.8, 4) is 0 Å². The maximum absolute atomic E-state index is 12.4. The molecule has 5 heteroatoms. The lowest BCUT2D eigenvalue weighted by Crippen LogP contribution is -2.30. The first-order valence-corrected chi connectivity index (χ1v) is 5.30. The standard InChI is InChI=1S/C12H14F3NO/c1-10(2,3)11(16-17-11)8-4-6-9(7-5-8)12(13,14)15/h4-7,16H,1-3H3. The number of rotatable bonds is 1. The molecule has 1 fully saturated rings. The van der Waals surface area contributed by atoms with Gasteiger partial charge in [0.1, 0.15) is 0 Å². The molecule has 1 aliphatic rings. The first kappa shape index (κ1) is 12.4. The van der Waals surface area contributed by atoms with Gasteiger partial charge in [-0.05, 0) is 12.1 Å². The lowest BCUT2D eigenvalue weighted by Gasteiger charge is -2.25. The molecule has 1 unspecified atom stereocenters. The molecule has 0 bridgehead atoms. The third-order valence-electron chi connectivity index (χ3n) is 2.98. The minimum Gasteiger partial charge on any atom is -0.269 e. The fourth-order valence-electron chi connectivity index (χ4n) is 1.80. The van der Waals surface area contributed by atoms with Gasteiger partial charge in [0.2, 0.25) is 0 Å². The minimum absolute atomic E-state index is 0.229. The number of hydrogen-bond acceptors (Lipinski definition) is 2. The molecule has 1 aromatic carbocycles. The molecule has 2 rings (SSSR count). The summed E-state index contributed by atoms with van der Waals surface area (Å²) in [6.45, 7) is 5.89. The van der Waals surface area contributed by atoms with E-state index in [4.69, 9.17) is 4.84 Å². The van der Waals surface area contributed by atoms with E-state index in [1.807, 2.05) is 20.8 Å². The molecule has 0 saturated carbocycles. The number of halogens is 3. The average molecular weight is 245 g/mol. The molecule has 0 spiro atoms. The summed E-state index contributed by atoms with van der Waals surface area (Å²) in [6, 6.07) is 5.06. The number of benzene rings is 1. The SMILES string of the molecule is CC(C)(C)C1(c2ccc(C(F)(F)F)cc2)NO1. The van der Waals surface area contributed by atoms with E-state index in [9.17, 15) is 13.2 Å². The second-order valence-corrected chi connectivity index (χ2v) is 5.21. The zero-order valence-corrected chi connectivity index (χ0v) is 9.85. The highest BCUT2D eigenvalue weighted by Crippen LogP contribution is 2.48. The molecule has 1 atom stereocenters.